The van der Waals surface area contributed by atoms with Gasteiger partial charge >= 0.3 is 0 Å². The van der Waals surface area contributed by atoms with Crippen molar-refractivity contribution in [2.24, 2.45) is 5.73 Å². The molecule has 0 heterocycles. The Bertz CT molecular complexity index is 120. The summed E-state index contributed by atoms with van der Waals surface area (Å²) in [7, 11) is 3.79. The van der Waals surface area contributed by atoms with Crippen molar-refractivity contribution in [2.75, 3.05) is 27.3 Å². The van der Waals surface area contributed by atoms with Crippen LogP contribution in [-0.4, -0.2) is 43.8 Å². The first-order valence-corrected chi connectivity index (χ1v) is 4.35. The molecule has 0 aliphatic rings. The van der Waals surface area contributed by atoms with Crippen LogP contribution >= 0.6 is 0 Å². The molecule has 0 aromatic heterocycles. The lowest BCUT2D eigenvalue weighted by Crippen LogP contribution is -2.47. The molecule has 0 rings (SSSR count). The maximum Gasteiger partial charge on any atom is 0.0615 e. The van der Waals surface area contributed by atoms with Crippen molar-refractivity contribution in [1.29, 1.82) is 0 Å². The Balaban J connectivity index is 3.78. The summed E-state index contributed by atoms with van der Waals surface area (Å²) in [6, 6.07) is 0.429. The Morgan fingerprint density at radius 3 is 2.33 bits per heavy atom. The molecule has 3 heteroatoms. The number of nitrogens with two attached hydrogens (primary N) is 1. The molecule has 1 unspecified atom stereocenters. The highest BCUT2D eigenvalue weighted by molar-refractivity contribution is 4.77. The third-order valence-corrected chi connectivity index (χ3v) is 1.82. The van der Waals surface area contributed by atoms with Gasteiger partial charge < -0.3 is 10.5 Å². The highest BCUT2D eigenvalue weighted by atomic mass is 16.5. The molecule has 0 fully saturated rings. The minimum absolute atomic E-state index is 0.128. The average molecular weight is 174 g/mol. The molecule has 0 saturated carbocycles. The van der Waals surface area contributed by atoms with Gasteiger partial charge in [0.2, 0.25) is 0 Å². The van der Waals surface area contributed by atoms with Crippen LogP contribution in [0.3, 0.4) is 0 Å². The molecule has 0 amide bonds. The van der Waals surface area contributed by atoms with Crippen molar-refractivity contribution in [3.05, 3.63) is 0 Å². The van der Waals surface area contributed by atoms with Crippen LogP contribution < -0.4 is 5.73 Å². The largest absolute Gasteiger partial charge is 0.383 e. The fraction of sp³-hybridized carbons (Fsp3) is 1.00. The first-order valence-electron chi connectivity index (χ1n) is 4.35. The van der Waals surface area contributed by atoms with Gasteiger partial charge in [-0.25, -0.2) is 0 Å². The Morgan fingerprint density at radius 2 is 2.00 bits per heavy atom. The van der Waals surface area contributed by atoms with Crippen LogP contribution in [0.25, 0.3) is 0 Å². The number of ether oxygens (including phenoxy) is 1. The van der Waals surface area contributed by atoms with Crippen LogP contribution in [0.1, 0.15) is 20.8 Å². The van der Waals surface area contributed by atoms with Gasteiger partial charge in [-0.3, -0.25) is 4.90 Å². The maximum atomic E-state index is 5.89. The van der Waals surface area contributed by atoms with Crippen LogP contribution in [0, 0.1) is 0 Å². The molecule has 0 aliphatic heterocycles. The second kappa shape index (κ2) is 4.80. The third-order valence-electron chi connectivity index (χ3n) is 1.82. The topological polar surface area (TPSA) is 38.5 Å². The van der Waals surface area contributed by atoms with E-state index in [1.54, 1.807) is 7.11 Å². The molecule has 0 aliphatic carbocycles. The lowest BCUT2D eigenvalue weighted by molar-refractivity contribution is 0.105. The number of nitrogens with zero attached hydrogens (tertiary/aromatic N) is 1. The first-order chi connectivity index (χ1) is 5.37. The van der Waals surface area contributed by atoms with E-state index in [1.807, 2.05) is 13.8 Å². The maximum absolute atomic E-state index is 5.89. The molecular formula is C9H22N2O. The summed E-state index contributed by atoms with van der Waals surface area (Å²) >= 11 is 0. The van der Waals surface area contributed by atoms with Crippen LogP contribution in [0.15, 0.2) is 0 Å². The van der Waals surface area contributed by atoms with Crippen LogP contribution in [-0.2, 0) is 4.74 Å². The van der Waals surface area contributed by atoms with Gasteiger partial charge in [0.25, 0.3) is 0 Å². The molecule has 0 saturated heterocycles. The Hall–Kier alpha value is -0.120. The van der Waals surface area contributed by atoms with Crippen molar-refractivity contribution in [2.45, 2.75) is 32.4 Å². The zero-order valence-electron chi connectivity index (χ0n) is 8.92. The van der Waals surface area contributed by atoms with E-state index in [4.69, 9.17) is 10.5 Å². The van der Waals surface area contributed by atoms with Crippen LogP contribution in [0.5, 0.6) is 0 Å². The number of hydrogen-bond donors (Lipinski definition) is 1. The fourth-order valence-electron chi connectivity index (χ4n) is 1.17. The summed E-state index contributed by atoms with van der Waals surface area (Å²) in [4.78, 5) is 2.21. The molecule has 12 heavy (non-hydrogen) atoms. The number of rotatable bonds is 5. The molecular weight excluding hydrogens is 152 g/mol. The van der Waals surface area contributed by atoms with E-state index in [1.165, 1.54) is 0 Å². The third kappa shape index (κ3) is 5.52. The predicted molar refractivity (Wildman–Crippen MR) is 52.2 cm³/mol. The molecule has 0 bridgehead atoms. The van der Waals surface area contributed by atoms with Gasteiger partial charge in [0.05, 0.1) is 6.61 Å². The summed E-state index contributed by atoms with van der Waals surface area (Å²) in [5.41, 5.74) is 5.76. The van der Waals surface area contributed by atoms with Gasteiger partial charge in [-0.15, -0.1) is 0 Å². The second-order valence-electron chi connectivity index (χ2n) is 4.21. The quantitative estimate of drug-likeness (QED) is 0.666. The summed E-state index contributed by atoms with van der Waals surface area (Å²) in [5, 5.41) is 0. The number of hydrogen-bond acceptors (Lipinski definition) is 3. The van der Waals surface area contributed by atoms with Crippen molar-refractivity contribution in [1.82, 2.24) is 4.90 Å². The van der Waals surface area contributed by atoms with Crippen LogP contribution in [0.2, 0.25) is 0 Å². The monoisotopic (exact) mass is 174 g/mol. The van der Waals surface area contributed by atoms with E-state index in [-0.39, 0.29) is 5.54 Å². The number of likely N-dealkylation sites (N-methyl/N-ethyl adjacent to an activating group) is 1. The van der Waals surface area contributed by atoms with E-state index in [0.717, 1.165) is 13.2 Å². The Labute approximate surface area is 75.9 Å². The van der Waals surface area contributed by atoms with Crippen molar-refractivity contribution in [3.63, 3.8) is 0 Å². The van der Waals surface area contributed by atoms with Crippen molar-refractivity contribution in [3.8, 4) is 0 Å². The van der Waals surface area contributed by atoms with E-state index in [2.05, 4.69) is 18.9 Å². The van der Waals surface area contributed by atoms with E-state index < -0.39 is 0 Å². The molecule has 0 aromatic rings. The zero-order chi connectivity index (χ0) is 9.78. The standard InChI is InChI=1S/C9H22N2O/c1-8(6-12-5)11(4)7-9(2,3)10/h8H,6-7,10H2,1-5H3. The van der Waals surface area contributed by atoms with Gasteiger partial charge in [-0.1, -0.05) is 0 Å². The molecule has 2 N–H and O–H groups in total. The van der Waals surface area contributed by atoms with E-state index in [9.17, 15) is 0 Å². The SMILES string of the molecule is COCC(C)N(C)CC(C)(C)N. The van der Waals surface area contributed by atoms with Crippen molar-refractivity contribution < 1.29 is 4.74 Å². The van der Waals surface area contributed by atoms with Gasteiger partial charge in [0.1, 0.15) is 0 Å². The first kappa shape index (κ1) is 11.9. The molecule has 1 atom stereocenters. The zero-order valence-corrected chi connectivity index (χ0v) is 8.92. The van der Waals surface area contributed by atoms with Gasteiger partial charge in [-0.05, 0) is 27.8 Å². The average Bonchev–Trinajstić information content (AvgIpc) is 1.84. The predicted octanol–water partition coefficient (Wildman–Crippen LogP) is 0.690. The highest BCUT2D eigenvalue weighted by Crippen LogP contribution is 2.03. The Morgan fingerprint density at radius 1 is 1.50 bits per heavy atom. The lowest BCUT2D eigenvalue weighted by Gasteiger charge is -2.30. The Kier molecular flexibility index (Phi) is 4.75. The van der Waals surface area contributed by atoms with Crippen molar-refractivity contribution >= 4 is 0 Å². The summed E-state index contributed by atoms with van der Waals surface area (Å²) in [6.07, 6.45) is 0. The molecule has 0 aromatic carbocycles. The summed E-state index contributed by atoms with van der Waals surface area (Å²) < 4.78 is 5.06. The van der Waals surface area contributed by atoms with E-state index in [0.29, 0.717) is 6.04 Å². The molecule has 3 nitrogen and oxygen atoms in total. The van der Waals surface area contributed by atoms with Gasteiger partial charge in [0, 0.05) is 25.2 Å². The summed E-state index contributed by atoms with van der Waals surface area (Å²) in [6.45, 7) is 7.84. The highest BCUT2D eigenvalue weighted by Gasteiger charge is 2.17. The van der Waals surface area contributed by atoms with Crippen LogP contribution in [0.4, 0.5) is 0 Å². The smallest absolute Gasteiger partial charge is 0.0615 e. The fourth-order valence-corrected chi connectivity index (χ4v) is 1.17. The molecule has 74 valence electrons. The minimum Gasteiger partial charge on any atom is -0.383 e. The van der Waals surface area contributed by atoms with Gasteiger partial charge in [-0.2, -0.15) is 0 Å². The van der Waals surface area contributed by atoms with Gasteiger partial charge in [0.15, 0.2) is 0 Å². The minimum atomic E-state index is -0.128. The van der Waals surface area contributed by atoms with E-state index >= 15 is 0 Å². The normalized spacial score (nSPS) is 15.2. The summed E-state index contributed by atoms with van der Waals surface area (Å²) in [5.74, 6) is 0. The number of methoxy groups -OCH3 is 1. The molecule has 0 spiro atoms. The molecule has 0 radical (unpaired) electrons. The lowest BCUT2D eigenvalue weighted by atomic mass is 10.1. The second-order valence-corrected chi connectivity index (χ2v) is 4.21.